The van der Waals surface area contributed by atoms with E-state index in [0.29, 0.717) is 6.61 Å². The van der Waals surface area contributed by atoms with Gasteiger partial charge in [-0.15, -0.1) is 11.5 Å². The molecule has 0 aliphatic carbocycles. The molecule has 0 bridgehead atoms. The van der Waals surface area contributed by atoms with Crippen molar-refractivity contribution in [2.24, 2.45) is 0 Å². The Bertz CT molecular complexity index is 51.3. The van der Waals surface area contributed by atoms with Crippen LogP contribution in [0.4, 0.5) is 0 Å². The van der Waals surface area contributed by atoms with E-state index < -0.39 is 6.53 Å². The second kappa shape index (κ2) is 5.41. The SMILES string of the molecule is CCCCOB(O)Cl. The summed E-state index contributed by atoms with van der Waals surface area (Å²) in [5.74, 6) is 0. The first-order valence-electron chi connectivity index (χ1n) is 2.71. The first-order chi connectivity index (χ1) is 3.77. The highest BCUT2D eigenvalue weighted by atomic mass is 35.5. The Morgan fingerprint density at radius 3 is 2.75 bits per heavy atom. The lowest BCUT2D eigenvalue weighted by Crippen LogP contribution is -2.09. The highest BCUT2D eigenvalue weighted by molar-refractivity contribution is 6.98. The molecule has 48 valence electrons. The van der Waals surface area contributed by atoms with Crippen LogP contribution in [-0.4, -0.2) is 18.2 Å². The molecular formula is C4H10BClO2. The molecule has 0 fully saturated rings. The van der Waals surface area contributed by atoms with Crippen molar-refractivity contribution in [3.05, 3.63) is 0 Å². The van der Waals surface area contributed by atoms with E-state index in [2.05, 4.69) is 4.65 Å². The standard InChI is InChI=1S/C4H10BClO2/c1-2-3-4-8-5(6)7/h7H,2-4H2,1H3. The predicted octanol–water partition coefficient (Wildman–Crippen LogP) is 1.02. The van der Waals surface area contributed by atoms with E-state index in [1.165, 1.54) is 0 Å². The summed E-state index contributed by atoms with van der Waals surface area (Å²) < 4.78 is 4.60. The lowest BCUT2D eigenvalue weighted by Gasteiger charge is -1.97. The van der Waals surface area contributed by atoms with Crippen LogP contribution in [0.5, 0.6) is 0 Å². The molecule has 2 nitrogen and oxygen atoms in total. The molecule has 0 saturated carbocycles. The first-order valence-corrected chi connectivity index (χ1v) is 3.14. The van der Waals surface area contributed by atoms with E-state index in [0.717, 1.165) is 12.8 Å². The lowest BCUT2D eigenvalue weighted by atomic mass is 10.3. The summed E-state index contributed by atoms with van der Waals surface area (Å²) >= 11 is 5.05. The minimum Gasteiger partial charge on any atom is -0.413 e. The first kappa shape index (κ1) is 8.27. The number of hydrogen-bond acceptors (Lipinski definition) is 2. The summed E-state index contributed by atoms with van der Waals surface area (Å²) in [5, 5.41) is 8.32. The van der Waals surface area contributed by atoms with Crippen molar-refractivity contribution in [3.63, 3.8) is 0 Å². The van der Waals surface area contributed by atoms with Gasteiger partial charge in [-0.25, -0.2) is 0 Å². The van der Waals surface area contributed by atoms with Gasteiger partial charge in [-0.05, 0) is 6.42 Å². The van der Waals surface area contributed by atoms with Gasteiger partial charge >= 0.3 is 6.53 Å². The number of halogens is 1. The maximum absolute atomic E-state index is 8.32. The van der Waals surface area contributed by atoms with Gasteiger partial charge in [0.2, 0.25) is 0 Å². The largest absolute Gasteiger partial charge is 0.568 e. The average molecular weight is 136 g/mol. The second-order valence-corrected chi connectivity index (χ2v) is 1.89. The number of hydrogen-bond donors (Lipinski definition) is 1. The molecule has 0 aliphatic rings. The molecule has 8 heavy (non-hydrogen) atoms. The van der Waals surface area contributed by atoms with Crippen molar-refractivity contribution in [2.75, 3.05) is 6.61 Å². The quantitative estimate of drug-likeness (QED) is 0.462. The van der Waals surface area contributed by atoms with Crippen molar-refractivity contribution in [2.45, 2.75) is 19.8 Å². The average Bonchev–Trinajstić information content (AvgIpc) is 1.66. The van der Waals surface area contributed by atoms with Crippen LogP contribution in [0.1, 0.15) is 19.8 Å². The van der Waals surface area contributed by atoms with Gasteiger partial charge in [-0.2, -0.15) is 0 Å². The minimum atomic E-state index is -1.12. The van der Waals surface area contributed by atoms with Crippen molar-refractivity contribution in [3.8, 4) is 0 Å². The molecule has 0 rings (SSSR count). The van der Waals surface area contributed by atoms with Crippen LogP contribution in [0.25, 0.3) is 0 Å². The lowest BCUT2D eigenvalue weighted by molar-refractivity contribution is 0.270. The zero-order chi connectivity index (χ0) is 6.41. The Morgan fingerprint density at radius 2 is 2.38 bits per heavy atom. The molecule has 0 aromatic carbocycles. The van der Waals surface area contributed by atoms with E-state index in [-0.39, 0.29) is 0 Å². The third-order valence-corrected chi connectivity index (χ3v) is 0.879. The monoisotopic (exact) mass is 136 g/mol. The van der Waals surface area contributed by atoms with E-state index in [9.17, 15) is 0 Å². The molecular weight excluding hydrogens is 126 g/mol. The molecule has 0 spiro atoms. The molecule has 0 aromatic heterocycles. The highest BCUT2D eigenvalue weighted by Crippen LogP contribution is 1.91. The van der Waals surface area contributed by atoms with Crippen molar-refractivity contribution >= 4 is 18.0 Å². The zero-order valence-corrected chi connectivity index (χ0v) is 5.69. The van der Waals surface area contributed by atoms with Gasteiger partial charge in [-0.3, -0.25) is 0 Å². The van der Waals surface area contributed by atoms with E-state index in [1.807, 2.05) is 6.92 Å². The molecule has 0 unspecified atom stereocenters. The Kier molecular flexibility index (Phi) is 5.60. The van der Waals surface area contributed by atoms with Crippen LogP contribution >= 0.6 is 11.5 Å². The van der Waals surface area contributed by atoms with Gasteiger partial charge in [0.05, 0.1) is 0 Å². The van der Waals surface area contributed by atoms with Crippen LogP contribution in [0.3, 0.4) is 0 Å². The summed E-state index contributed by atoms with van der Waals surface area (Å²) in [6, 6.07) is 0. The third kappa shape index (κ3) is 6.27. The fourth-order valence-corrected chi connectivity index (χ4v) is 0.414. The summed E-state index contributed by atoms with van der Waals surface area (Å²) in [7, 11) is 0. The topological polar surface area (TPSA) is 29.5 Å². The van der Waals surface area contributed by atoms with Crippen LogP contribution < -0.4 is 0 Å². The number of rotatable bonds is 4. The van der Waals surface area contributed by atoms with E-state index in [4.69, 9.17) is 16.5 Å². The van der Waals surface area contributed by atoms with Gasteiger partial charge < -0.3 is 9.68 Å². The normalized spacial score (nSPS) is 9.38. The molecule has 0 atom stereocenters. The highest BCUT2D eigenvalue weighted by Gasteiger charge is 2.04. The number of unbranched alkanes of at least 4 members (excludes halogenated alkanes) is 1. The van der Waals surface area contributed by atoms with Crippen LogP contribution in [0.2, 0.25) is 0 Å². The molecule has 0 amide bonds. The molecule has 1 N–H and O–H groups in total. The molecule has 0 saturated heterocycles. The van der Waals surface area contributed by atoms with Gasteiger partial charge in [0.25, 0.3) is 0 Å². The minimum absolute atomic E-state index is 0.543. The van der Waals surface area contributed by atoms with Crippen molar-refractivity contribution in [1.82, 2.24) is 0 Å². The molecule has 0 aromatic rings. The van der Waals surface area contributed by atoms with Crippen LogP contribution in [0.15, 0.2) is 0 Å². The fraction of sp³-hybridized carbons (Fsp3) is 1.00. The van der Waals surface area contributed by atoms with Gasteiger partial charge in [-0.1, -0.05) is 13.3 Å². The van der Waals surface area contributed by atoms with Crippen LogP contribution in [-0.2, 0) is 4.65 Å². The molecule has 0 radical (unpaired) electrons. The maximum Gasteiger partial charge on any atom is 0.568 e. The maximum atomic E-state index is 8.32. The smallest absolute Gasteiger partial charge is 0.413 e. The van der Waals surface area contributed by atoms with Crippen molar-refractivity contribution in [1.29, 1.82) is 0 Å². The van der Waals surface area contributed by atoms with E-state index >= 15 is 0 Å². The summed E-state index contributed by atoms with van der Waals surface area (Å²) in [5.41, 5.74) is 0. The molecule has 0 aliphatic heterocycles. The van der Waals surface area contributed by atoms with Gasteiger partial charge in [0, 0.05) is 6.61 Å². The van der Waals surface area contributed by atoms with Crippen LogP contribution in [0, 0.1) is 0 Å². The Labute approximate surface area is 54.9 Å². The van der Waals surface area contributed by atoms with E-state index in [1.54, 1.807) is 0 Å². The van der Waals surface area contributed by atoms with Gasteiger partial charge in [0.1, 0.15) is 0 Å². The Hall–Kier alpha value is 0.275. The Morgan fingerprint density at radius 1 is 1.75 bits per heavy atom. The molecule has 4 heteroatoms. The second-order valence-electron chi connectivity index (χ2n) is 1.52. The van der Waals surface area contributed by atoms with Gasteiger partial charge in [0.15, 0.2) is 0 Å². The Balaban J connectivity index is 2.72. The zero-order valence-electron chi connectivity index (χ0n) is 4.93. The summed E-state index contributed by atoms with van der Waals surface area (Å²) in [4.78, 5) is 0. The van der Waals surface area contributed by atoms with Crippen molar-refractivity contribution < 1.29 is 9.68 Å². The third-order valence-electron chi connectivity index (χ3n) is 0.753. The predicted molar refractivity (Wildman–Crippen MR) is 34.7 cm³/mol. The molecule has 0 heterocycles. The summed E-state index contributed by atoms with van der Waals surface area (Å²) in [6.07, 6.45) is 2.01. The fourth-order valence-electron chi connectivity index (χ4n) is 0.325. The summed E-state index contributed by atoms with van der Waals surface area (Å²) in [6.45, 7) is 1.46.